The van der Waals surface area contributed by atoms with Crippen LogP contribution in [0, 0.1) is 0 Å². The maximum absolute atomic E-state index is 12.1. The zero-order chi connectivity index (χ0) is 16.3. The number of carbonyl (C=O) groups excluding carboxylic acids is 1. The zero-order valence-corrected chi connectivity index (χ0v) is 15.0. The molecule has 1 unspecified atom stereocenters. The van der Waals surface area contributed by atoms with Gasteiger partial charge in [0.15, 0.2) is 5.15 Å². The lowest BCUT2D eigenvalue weighted by atomic mass is 10.3. The molecule has 0 fully saturated rings. The van der Waals surface area contributed by atoms with Crippen molar-refractivity contribution in [3.05, 3.63) is 28.6 Å². The Bertz CT molecular complexity index is 721. The van der Waals surface area contributed by atoms with E-state index in [-0.39, 0.29) is 17.5 Å². The van der Waals surface area contributed by atoms with Crippen LogP contribution in [0.25, 0.3) is 10.6 Å². The van der Waals surface area contributed by atoms with Gasteiger partial charge >= 0.3 is 0 Å². The number of hydrogen-bond donors (Lipinski definition) is 0. The minimum absolute atomic E-state index is 0.156. The van der Waals surface area contributed by atoms with E-state index in [1.54, 1.807) is 25.6 Å². The molecule has 9 heteroatoms. The van der Waals surface area contributed by atoms with Gasteiger partial charge in [-0.05, 0) is 6.07 Å². The van der Waals surface area contributed by atoms with Crippen molar-refractivity contribution >= 4 is 56.2 Å². The molecule has 0 saturated heterocycles. The van der Waals surface area contributed by atoms with Crippen LogP contribution in [-0.4, -0.2) is 39.1 Å². The highest BCUT2D eigenvalue weighted by Gasteiger charge is 2.19. The number of anilines is 1. The molecule has 1 amide bonds. The van der Waals surface area contributed by atoms with Crippen LogP contribution in [0.3, 0.4) is 0 Å². The van der Waals surface area contributed by atoms with E-state index in [2.05, 4.69) is 9.97 Å². The second-order valence-electron chi connectivity index (χ2n) is 4.49. The second-order valence-corrected chi connectivity index (χ2v) is 7.81. The highest BCUT2D eigenvalue weighted by atomic mass is 35.5. The average molecular weight is 378 g/mol. The predicted molar refractivity (Wildman–Crippen MR) is 92.3 cm³/mol. The highest BCUT2D eigenvalue weighted by Crippen LogP contribution is 2.37. The highest BCUT2D eigenvalue weighted by molar-refractivity contribution is 7.84. The van der Waals surface area contributed by atoms with Gasteiger partial charge < -0.3 is 4.90 Å². The lowest BCUT2D eigenvalue weighted by Crippen LogP contribution is -2.26. The number of carbonyl (C=O) groups is 1. The first-order valence-corrected chi connectivity index (χ1v) is 9.52. The van der Waals surface area contributed by atoms with Crippen molar-refractivity contribution in [2.45, 2.75) is 6.42 Å². The monoisotopic (exact) mass is 377 g/mol. The fraction of sp³-hybridized carbons (Fsp3) is 0.308. The molecule has 2 aromatic heterocycles. The Balaban J connectivity index is 2.22. The molecule has 2 rings (SSSR count). The minimum atomic E-state index is -1.01. The molecule has 0 aliphatic heterocycles. The number of amides is 1. The van der Waals surface area contributed by atoms with Crippen molar-refractivity contribution < 1.29 is 9.00 Å². The van der Waals surface area contributed by atoms with E-state index in [1.807, 2.05) is 0 Å². The van der Waals surface area contributed by atoms with Gasteiger partial charge in [0.1, 0.15) is 10.0 Å². The quantitative estimate of drug-likeness (QED) is 0.801. The molecule has 0 aliphatic rings. The van der Waals surface area contributed by atoms with Gasteiger partial charge in [-0.25, -0.2) is 4.98 Å². The smallest absolute Gasteiger partial charge is 0.228 e. The molecule has 1 atom stereocenters. The Morgan fingerprint density at radius 1 is 1.41 bits per heavy atom. The molecule has 2 heterocycles. The summed E-state index contributed by atoms with van der Waals surface area (Å²) in [5.74, 6) is 0.168. The molecule has 22 heavy (non-hydrogen) atoms. The number of thiazole rings is 1. The minimum Gasteiger partial charge on any atom is -0.304 e. The summed E-state index contributed by atoms with van der Waals surface area (Å²) in [5, 5.41) is 1.92. The third-order valence-corrected chi connectivity index (χ3v) is 5.35. The fourth-order valence-corrected chi connectivity index (χ4v) is 3.60. The van der Waals surface area contributed by atoms with E-state index in [4.69, 9.17) is 23.2 Å². The van der Waals surface area contributed by atoms with Gasteiger partial charge in [0.05, 0.1) is 5.02 Å². The summed E-state index contributed by atoms with van der Waals surface area (Å²) in [6, 6.07) is 1.73. The van der Waals surface area contributed by atoms with Gasteiger partial charge in [-0.2, -0.15) is 0 Å². The Labute approximate surface area is 144 Å². The van der Waals surface area contributed by atoms with Gasteiger partial charge in [-0.1, -0.05) is 34.5 Å². The first kappa shape index (κ1) is 17.3. The topological polar surface area (TPSA) is 63.2 Å². The maximum Gasteiger partial charge on any atom is 0.228 e. The predicted octanol–water partition coefficient (Wildman–Crippen LogP) is 3.24. The first-order chi connectivity index (χ1) is 10.4. The van der Waals surface area contributed by atoms with Crippen LogP contribution in [-0.2, 0) is 15.6 Å². The number of pyridine rings is 1. The van der Waals surface area contributed by atoms with Gasteiger partial charge in [0.25, 0.3) is 0 Å². The summed E-state index contributed by atoms with van der Waals surface area (Å²) in [6.07, 6.45) is 4.92. The lowest BCUT2D eigenvalue weighted by molar-refractivity contribution is -0.117. The average Bonchev–Trinajstić information content (AvgIpc) is 2.86. The normalized spacial score (nSPS) is 12.2. The van der Waals surface area contributed by atoms with Crippen molar-refractivity contribution in [2.75, 3.05) is 24.0 Å². The van der Waals surface area contributed by atoms with E-state index >= 15 is 0 Å². The van der Waals surface area contributed by atoms with Crippen molar-refractivity contribution in [1.29, 1.82) is 0 Å². The van der Waals surface area contributed by atoms with Crippen molar-refractivity contribution in [1.82, 2.24) is 9.97 Å². The van der Waals surface area contributed by atoms with Crippen molar-refractivity contribution in [2.24, 2.45) is 0 Å². The summed E-state index contributed by atoms with van der Waals surface area (Å²) in [4.78, 5) is 21.8. The Morgan fingerprint density at radius 2 is 2.14 bits per heavy atom. The van der Waals surface area contributed by atoms with Gasteiger partial charge in [-0.3, -0.25) is 14.0 Å². The summed E-state index contributed by atoms with van der Waals surface area (Å²) in [7, 11) is 0.618. The molecule has 5 nitrogen and oxygen atoms in total. The fourth-order valence-electron chi connectivity index (χ4n) is 1.66. The van der Waals surface area contributed by atoms with Gasteiger partial charge in [-0.15, -0.1) is 0 Å². The van der Waals surface area contributed by atoms with Gasteiger partial charge in [0.2, 0.25) is 5.91 Å². The van der Waals surface area contributed by atoms with Gasteiger partial charge in [0, 0.05) is 54.2 Å². The van der Waals surface area contributed by atoms with Crippen LogP contribution in [0.4, 0.5) is 5.00 Å². The van der Waals surface area contributed by atoms with E-state index in [0.717, 1.165) is 5.56 Å². The van der Waals surface area contributed by atoms with E-state index in [9.17, 15) is 9.00 Å². The van der Waals surface area contributed by atoms with Crippen LogP contribution in [0.15, 0.2) is 18.5 Å². The largest absolute Gasteiger partial charge is 0.304 e. The van der Waals surface area contributed by atoms with E-state index < -0.39 is 10.8 Å². The van der Waals surface area contributed by atoms with Crippen LogP contribution >= 0.6 is 34.5 Å². The second kappa shape index (κ2) is 7.50. The standard InChI is InChI=1S/C13H13Cl2N3O2S2/c1-18(10(19)3-4-22(2)20)13-11(15)17-12(21-13)8-5-9(14)7-16-6-8/h5-7H,3-4H2,1-2H3. The van der Waals surface area contributed by atoms with Crippen LogP contribution < -0.4 is 4.90 Å². The number of rotatable bonds is 5. The number of halogens is 2. The zero-order valence-electron chi connectivity index (χ0n) is 11.9. The Hall–Kier alpha value is -1.02. The molecule has 0 aromatic carbocycles. The van der Waals surface area contributed by atoms with Crippen LogP contribution in [0.2, 0.25) is 10.2 Å². The molecule has 0 saturated carbocycles. The molecular formula is C13H13Cl2N3O2S2. The molecular weight excluding hydrogens is 365 g/mol. The molecule has 0 N–H and O–H groups in total. The van der Waals surface area contributed by atoms with Crippen LogP contribution in [0.5, 0.6) is 0 Å². The number of nitrogens with zero attached hydrogens (tertiary/aromatic N) is 3. The lowest BCUT2D eigenvalue weighted by Gasteiger charge is -2.14. The molecule has 2 aromatic rings. The van der Waals surface area contributed by atoms with E-state index in [1.165, 1.54) is 22.4 Å². The number of hydrogen-bond acceptors (Lipinski definition) is 5. The maximum atomic E-state index is 12.1. The first-order valence-electron chi connectivity index (χ1n) is 6.22. The molecule has 0 aliphatic carbocycles. The molecule has 0 spiro atoms. The van der Waals surface area contributed by atoms with Crippen molar-refractivity contribution in [3.8, 4) is 10.6 Å². The molecule has 0 radical (unpaired) electrons. The Morgan fingerprint density at radius 3 is 2.77 bits per heavy atom. The Kier molecular flexibility index (Phi) is 5.91. The molecule has 118 valence electrons. The van der Waals surface area contributed by atoms with Crippen molar-refractivity contribution in [3.63, 3.8) is 0 Å². The summed E-state index contributed by atoms with van der Waals surface area (Å²) in [5.41, 5.74) is 0.737. The molecule has 0 bridgehead atoms. The third kappa shape index (κ3) is 4.25. The summed E-state index contributed by atoms with van der Waals surface area (Å²) < 4.78 is 11.1. The SMILES string of the molecule is CN(C(=O)CCS(C)=O)c1sc(-c2cncc(Cl)c2)nc1Cl. The van der Waals surface area contributed by atoms with Crippen LogP contribution in [0.1, 0.15) is 6.42 Å². The third-order valence-electron chi connectivity index (χ3n) is 2.80. The van der Waals surface area contributed by atoms with E-state index in [0.29, 0.717) is 20.8 Å². The summed E-state index contributed by atoms with van der Waals surface area (Å²) in [6.45, 7) is 0. The number of aromatic nitrogens is 2. The summed E-state index contributed by atoms with van der Waals surface area (Å²) >= 11 is 13.3.